The van der Waals surface area contributed by atoms with Crippen LogP contribution in [0.3, 0.4) is 0 Å². The second-order valence-electron chi connectivity index (χ2n) is 12.9. The first-order valence-corrected chi connectivity index (χ1v) is 18.9. The van der Waals surface area contributed by atoms with Crippen molar-refractivity contribution in [2.24, 2.45) is 0 Å². The Hall–Kier alpha value is -6.00. The molecule has 0 atom stereocenters. The largest absolute Gasteiger partial charge is 0.309 e. The van der Waals surface area contributed by atoms with Crippen LogP contribution in [0.25, 0.3) is 73.7 Å². The minimum absolute atomic E-state index is 1.12. The molecule has 240 valence electrons. The summed E-state index contributed by atoms with van der Waals surface area (Å²) in [6.45, 7) is 0. The summed E-state index contributed by atoms with van der Waals surface area (Å²) in [6, 6.07) is 68.7. The molecule has 0 aliphatic heterocycles. The minimum Gasteiger partial charge on any atom is -0.309 e. The monoisotopic (exact) mass is 685 g/mol. The number of fused-ring (bicyclic) bond motifs is 6. The van der Waals surface area contributed by atoms with E-state index in [0.29, 0.717) is 0 Å². The normalized spacial score (nSPS) is 11.5. The molecule has 0 aliphatic rings. The van der Waals surface area contributed by atoms with Gasteiger partial charge >= 0.3 is 0 Å². The Morgan fingerprint density at radius 2 is 0.824 bits per heavy atom. The van der Waals surface area contributed by atoms with Crippen LogP contribution in [0, 0.1) is 0 Å². The Morgan fingerprint density at radius 3 is 1.55 bits per heavy atom. The highest BCUT2D eigenvalue weighted by Gasteiger charge is 2.20. The van der Waals surface area contributed by atoms with Gasteiger partial charge in [-0.25, -0.2) is 0 Å². The number of rotatable bonds is 6. The molecular formula is C48H31NS2. The first kappa shape index (κ1) is 29.9. The predicted octanol–water partition coefficient (Wildman–Crippen LogP) is 14.9. The number of thiophene rings is 2. The maximum absolute atomic E-state index is 2.46. The predicted molar refractivity (Wildman–Crippen MR) is 223 cm³/mol. The topological polar surface area (TPSA) is 3.24 Å². The Morgan fingerprint density at radius 1 is 0.294 bits per heavy atom. The molecule has 8 aromatic carbocycles. The zero-order chi connectivity index (χ0) is 33.7. The first-order chi connectivity index (χ1) is 25.3. The fourth-order valence-corrected chi connectivity index (χ4v) is 9.73. The van der Waals surface area contributed by atoms with E-state index in [1.807, 2.05) is 22.7 Å². The second kappa shape index (κ2) is 12.4. The van der Waals surface area contributed by atoms with Crippen LogP contribution in [0.4, 0.5) is 17.1 Å². The smallest absolute Gasteiger partial charge is 0.0640 e. The summed E-state index contributed by atoms with van der Waals surface area (Å²) in [5, 5.41) is 5.22. The van der Waals surface area contributed by atoms with E-state index in [9.17, 15) is 0 Å². The molecule has 0 radical (unpaired) electrons. The quantitative estimate of drug-likeness (QED) is 0.168. The van der Waals surface area contributed by atoms with Gasteiger partial charge in [-0.1, -0.05) is 133 Å². The molecule has 3 heteroatoms. The standard InChI is InChI=1S/C48H31NS2/c1-3-12-32(13-4-1)34-22-25-38(26-23-34)49(44-19-11-18-43-41-17-8-10-21-46(41)51-48(43)44)39-29-36(33-14-5-2-6-15-33)28-37(30-39)35-24-27-42-40-16-7-9-20-45(40)50-47(42)31-35/h1-31H. The van der Waals surface area contributed by atoms with Crippen LogP contribution in [0.5, 0.6) is 0 Å². The van der Waals surface area contributed by atoms with Crippen molar-refractivity contribution < 1.29 is 0 Å². The molecule has 0 saturated heterocycles. The number of hydrogen-bond acceptors (Lipinski definition) is 3. The lowest BCUT2D eigenvalue weighted by atomic mass is 9.96. The van der Waals surface area contributed by atoms with E-state index in [-0.39, 0.29) is 0 Å². The lowest BCUT2D eigenvalue weighted by Gasteiger charge is -2.27. The van der Waals surface area contributed by atoms with Gasteiger partial charge in [0.1, 0.15) is 0 Å². The average Bonchev–Trinajstić information content (AvgIpc) is 3.77. The zero-order valence-corrected chi connectivity index (χ0v) is 29.3. The molecule has 0 bridgehead atoms. The minimum atomic E-state index is 1.12. The Bertz CT molecular complexity index is 2850. The van der Waals surface area contributed by atoms with Gasteiger partial charge in [-0.15, -0.1) is 22.7 Å². The first-order valence-electron chi connectivity index (χ1n) is 17.2. The molecule has 0 amide bonds. The number of benzene rings is 8. The van der Waals surface area contributed by atoms with Gasteiger partial charge in [0, 0.05) is 47.0 Å². The van der Waals surface area contributed by atoms with E-state index in [1.165, 1.54) is 79.4 Å². The third kappa shape index (κ3) is 5.30. The van der Waals surface area contributed by atoms with Crippen molar-refractivity contribution in [3.05, 3.63) is 188 Å². The second-order valence-corrected chi connectivity index (χ2v) is 15.1. The van der Waals surface area contributed by atoms with Crippen LogP contribution in [-0.4, -0.2) is 0 Å². The maximum Gasteiger partial charge on any atom is 0.0640 e. The third-order valence-corrected chi connectivity index (χ3v) is 12.2. The molecule has 10 rings (SSSR count). The highest BCUT2D eigenvalue weighted by molar-refractivity contribution is 7.26. The number of nitrogens with zero attached hydrogens (tertiary/aromatic N) is 1. The summed E-state index contributed by atoms with van der Waals surface area (Å²) >= 11 is 3.74. The molecule has 0 saturated carbocycles. The van der Waals surface area contributed by atoms with Crippen LogP contribution < -0.4 is 4.90 Å². The van der Waals surface area contributed by atoms with E-state index in [2.05, 4.69) is 193 Å². The Labute approximate surface area is 304 Å². The highest BCUT2D eigenvalue weighted by atomic mass is 32.1. The number of hydrogen-bond donors (Lipinski definition) is 0. The van der Waals surface area contributed by atoms with Crippen LogP contribution >= 0.6 is 22.7 Å². The van der Waals surface area contributed by atoms with Crippen LogP contribution in [-0.2, 0) is 0 Å². The molecule has 1 nitrogen and oxygen atoms in total. The van der Waals surface area contributed by atoms with E-state index in [1.54, 1.807) is 0 Å². The lowest BCUT2D eigenvalue weighted by Crippen LogP contribution is -2.10. The van der Waals surface area contributed by atoms with Crippen molar-refractivity contribution in [3.8, 4) is 33.4 Å². The van der Waals surface area contributed by atoms with Gasteiger partial charge in [-0.2, -0.15) is 0 Å². The van der Waals surface area contributed by atoms with Gasteiger partial charge in [-0.05, 0) is 88.0 Å². The molecule has 0 unspecified atom stereocenters. The van der Waals surface area contributed by atoms with Crippen LogP contribution in [0.15, 0.2) is 188 Å². The molecule has 0 fully saturated rings. The summed E-state index contributed by atoms with van der Waals surface area (Å²) < 4.78 is 5.22. The average molecular weight is 686 g/mol. The van der Waals surface area contributed by atoms with Crippen molar-refractivity contribution in [1.82, 2.24) is 0 Å². The molecule has 0 spiro atoms. The molecule has 2 aromatic heterocycles. The Kier molecular flexibility index (Phi) is 7.26. The third-order valence-electron chi connectivity index (χ3n) is 9.85. The van der Waals surface area contributed by atoms with E-state index >= 15 is 0 Å². The van der Waals surface area contributed by atoms with Gasteiger partial charge < -0.3 is 4.90 Å². The van der Waals surface area contributed by atoms with Crippen molar-refractivity contribution in [2.45, 2.75) is 0 Å². The van der Waals surface area contributed by atoms with Crippen molar-refractivity contribution >= 4 is 80.1 Å². The van der Waals surface area contributed by atoms with Gasteiger partial charge in [-0.3, -0.25) is 0 Å². The number of anilines is 3. The molecule has 2 heterocycles. The summed E-state index contributed by atoms with van der Waals surface area (Å²) in [5.41, 5.74) is 10.6. The molecule has 51 heavy (non-hydrogen) atoms. The van der Waals surface area contributed by atoms with E-state index in [4.69, 9.17) is 0 Å². The molecular weight excluding hydrogens is 655 g/mol. The fraction of sp³-hybridized carbons (Fsp3) is 0. The van der Waals surface area contributed by atoms with E-state index in [0.717, 1.165) is 11.4 Å². The lowest BCUT2D eigenvalue weighted by molar-refractivity contribution is 1.30. The molecule has 0 aliphatic carbocycles. The van der Waals surface area contributed by atoms with Crippen molar-refractivity contribution in [1.29, 1.82) is 0 Å². The van der Waals surface area contributed by atoms with E-state index < -0.39 is 0 Å². The van der Waals surface area contributed by atoms with Crippen molar-refractivity contribution in [2.75, 3.05) is 4.90 Å². The zero-order valence-electron chi connectivity index (χ0n) is 27.7. The van der Waals surface area contributed by atoms with Crippen LogP contribution in [0.1, 0.15) is 0 Å². The van der Waals surface area contributed by atoms with Crippen molar-refractivity contribution in [3.63, 3.8) is 0 Å². The molecule has 0 N–H and O–H groups in total. The fourth-order valence-electron chi connectivity index (χ4n) is 7.38. The molecule has 10 aromatic rings. The van der Waals surface area contributed by atoms with Gasteiger partial charge in [0.15, 0.2) is 0 Å². The van der Waals surface area contributed by atoms with Gasteiger partial charge in [0.05, 0.1) is 10.4 Å². The Balaban J connectivity index is 1.21. The van der Waals surface area contributed by atoms with Gasteiger partial charge in [0.25, 0.3) is 0 Å². The summed E-state index contributed by atoms with van der Waals surface area (Å²) in [4.78, 5) is 2.46. The van der Waals surface area contributed by atoms with Crippen LogP contribution in [0.2, 0.25) is 0 Å². The summed E-state index contributed by atoms with van der Waals surface area (Å²) in [6.07, 6.45) is 0. The SMILES string of the molecule is c1ccc(-c2ccc(N(c3cc(-c4ccccc4)cc(-c4ccc5c(c4)sc4ccccc45)c3)c3cccc4c3sc3ccccc34)cc2)cc1. The highest BCUT2D eigenvalue weighted by Crippen LogP contribution is 2.47. The summed E-state index contributed by atoms with van der Waals surface area (Å²) in [5.74, 6) is 0. The maximum atomic E-state index is 2.46. The van der Waals surface area contributed by atoms with Gasteiger partial charge in [0.2, 0.25) is 0 Å². The summed E-state index contributed by atoms with van der Waals surface area (Å²) in [7, 11) is 0.